The molecule has 0 aliphatic heterocycles. The molecule has 2 aromatic rings. The van der Waals surface area contributed by atoms with Crippen LogP contribution in [0.2, 0.25) is 0 Å². The zero-order valence-electron chi connectivity index (χ0n) is 16.9. The molecule has 0 amide bonds. The highest BCUT2D eigenvalue weighted by atomic mass is 15.3. The van der Waals surface area contributed by atoms with Crippen molar-refractivity contribution in [3.8, 4) is 0 Å². The maximum Gasteiger partial charge on any atom is 0.132 e. The Bertz CT molecular complexity index is 656. The SMILES string of the molecule is C=Cc1ccc([N+](C)(C)CCCC[N+](C)(C)c2ccc(C=C)cc2)cc1. The third-order valence-corrected chi connectivity index (χ3v) is 5.34. The molecule has 0 atom stereocenters. The van der Waals surface area contributed by atoms with Gasteiger partial charge in [0.2, 0.25) is 0 Å². The van der Waals surface area contributed by atoms with Crippen molar-refractivity contribution in [2.24, 2.45) is 0 Å². The van der Waals surface area contributed by atoms with Crippen LogP contribution in [0.15, 0.2) is 61.7 Å². The molecule has 138 valence electrons. The van der Waals surface area contributed by atoms with Gasteiger partial charge >= 0.3 is 0 Å². The van der Waals surface area contributed by atoms with Crippen LogP contribution in [0, 0.1) is 0 Å². The molecule has 0 fully saturated rings. The van der Waals surface area contributed by atoms with Gasteiger partial charge in [0.25, 0.3) is 0 Å². The van der Waals surface area contributed by atoms with Crippen LogP contribution in [-0.2, 0) is 0 Å². The molecular formula is C24H34N2+2. The average molecular weight is 351 g/mol. The van der Waals surface area contributed by atoms with E-state index in [0.717, 1.165) is 22.1 Å². The lowest BCUT2D eigenvalue weighted by molar-refractivity contribution is 0.347. The predicted molar refractivity (Wildman–Crippen MR) is 119 cm³/mol. The average Bonchev–Trinajstić information content (AvgIpc) is 2.65. The van der Waals surface area contributed by atoms with Gasteiger partial charge in [-0.05, 0) is 59.7 Å². The molecule has 0 bridgehead atoms. The topological polar surface area (TPSA) is 0 Å². The van der Waals surface area contributed by atoms with Crippen LogP contribution in [0.4, 0.5) is 11.4 Å². The van der Waals surface area contributed by atoms with Gasteiger partial charge in [0.05, 0.1) is 41.3 Å². The van der Waals surface area contributed by atoms with Gasteiger partial charge in [-0.1, -0.05) is 25.3 Å². The van der Waals surface area contributed by atoms with Crippen molar-refractivity contribution in [2.45, 2.75) is 12.8 Å². The largest absolute Gasteiger partial charge is 0.296 e. The molecule has 0 aliphatic rings. The summed E-state index contributed by atoms with van der Waals surface area (Å²) < 4.78 is 1.83. The number of benzene rings is 2. The van der Waals surface area contributed by atoms with E-state index in [9.17, 15) is 0 Å². The van der Waals surface area contributed by atoms with Gasteiger partial charge in [-0.25, -0.2) is 0 Å². The minimum atomic E-state index is 0.916. The van der Waals surface area contributed by atoms with Gasteiger partial charge in [-0.15, -0.1) is 0 Å². The first-order valence-corrected chi connectivity index (χ1v) is 9.41. The van der Waals surface area contributed by atoms with Crippen molar-refractivity contribution in [2.75, 3.05) is 41.3 Å². The van der Waals surface area contributed by atoms with Gasteiger partial charge in [0, 0.05) is 12.8 Å². The Kier molecular flexibility index (Phi) is 6.57. The van der Waals surface area contributed by atoms with Crippen molar-refractivity contribution in [3.63, 3.8) is 0 Å². The molecule has 0 saturated carbocycles. The monoisotopic (exact) mass is 350 g/mol. The summed E-state index contributed by atoms with van der Waals surface area (Å²) in [5.41, 5.74) is 5.05. The summed E-state index contributed by atoms with van der Waals surface area (Å²) in [6.45, 7) is 9.94. The van der Waals surface area contributed by atoms with Gasteiger partial charge < -0.3 is 0 Å². The van der Waals surface area contributed by atoms with Crippen LogP contribution in [-0.4, -0.2) is 41.3 Å². The van der Waals surface area contributed by atoms with Gasteiger partial charge in [0.15, 0.2) is 0 Å². The summed E-state index contributed by atoms with van der Waals surface area (Å²) in [5.74, 6) is 0. The standard InChI is InChI=1S/C24H34N2/c1-7-21-11-15-23(16-12-21)25(3,4)19-9-10-20-26(5,6)24-17-13-22(8-2)14-18-24/h7-8,11-18H,1-2,9-10,19-20H2,3-6H3/q+2. The Hall–Kier alpha value is -2.16. The highest BCUT2D eigenvalue weighted by Crippen LogP contribution is 2.23. The zero-order valence-corrected chi connectivity index (χ0v) is 16.9. The van der Waals surface area contributed by atoms with E-state index >= 15 is 0 Å². The number of rotatable bonds is 9. The molecule has 0 aliphatic carbocycles. The summed E-state index contributed by atoms with van der Waals surface area (Å²) in [5, 5.41) is 0. The summed E-state index contributed by atoms with van der Waals surface area (Å²) in [4.78, 5) is 0. The molecule has 0 radical (unpaired) electrons. The third kappa shape index (κ3) is 5.17. The summed E-state index contributed by atoms with van der Waals surface area (Å²) in [6, 6.07) is 17.5. The molecule has 2 heteroatoms. The second-order valence-corrected chi connectivity index (χ2v) is 8.12. The Balaban J connectivity index is 1.89. The summed E-state index contributed by atoms with van der Waals surface area (Å²) in [6.07, 6.45) is 6.21. The first-order valence-electron chi connectivity index (χ1n) is 9.41. The molecule has 0 saturated heterocycles. The van der Waals surface area contributed by atoms with E-state index in [0.29, 0.717) is 0 Å². The van der Waals surface area contributed by atoms with E-state index < -0.39 is 0 Å². The molecule has 0 N–H and O–H groups in total. The highest BCUT2D eigenvalue weighted by Gasteiger charge is 2.21. The van der Waals surface area contributed by atoms with Crippen molar-refractivity contribution in [3.05, 3.63) is 72.8 Å². The molecule has 2 aromatic carbocycles. The maximum absolute atomic E-state index is 3.83. The van der Waals surface area contributed by atoms with Crippen molar-refractivity contribution < 1.29 is 0 Å². The van der Waals surface area contributed by atoms with E-state index in [1.165, 1.54) is 35.3 Å². The minimum absolute atomic E-state index is 0.916. The molecule has 0 unspecified atom stereocenters. The Morgan fingerprint density at radius 3 is 1.19 bits per heavy atom. The van der Waals surface area contributed by atoms with E-state index in [-0.39, 0.29) is 0 Å². The quantitative estimate of drug-likeness (QED) is 0.409. The second-order valence-electron chi connectivity index (χ2n) is 8.12. The van der Waals surface area contributed by atoms with Crippen LogP contribution in [0.3, 0.4) is 0 Å². The predicted octanol–water partition coefficient (Wildman–Crippen LogP) is 5.59. The van der Waals surface area contributed by atoms with Crippen molar-refractivity contribution in [1.29, 1.82) is 0 Å². The van der Waals surface area contributed by atoms with Crippen LogP contribution in [0.5, 0.6) is 0 Å². The fourth-order valence-electron chi connectivity index (χ4n) is 3.30. The third-order valence-electron chi connectivity index (χ3n) is 5.34. The molecule has 0 spiro atoms. The number of hydrogen-bond donors (Lipinski definition) is 0. The zero-order chi connectivity index (χ0) is 19.2. The van der Waals surface area contributed by atoms with E-state index in [2.05, 4.69) is 89.9 Å². The Morgan fingerprint density at radius 1 is 0.615 bits per heavy atom. The lowest BCUT2D eigenvalue weighted by Gasteiger charge is -2.32. The van der Waals surface area contributed by atoms with E-state index in [1.807, 2.05) is 12.2 Å². The number of hydrogen-bond acceptors (Lipinski definition) is 0. The minimum Gasteiger partial charge on any atom is -0.296 e. The second kappa shape index (κ2) is 8.48. The lowest BCUT2D eigenvalue weighted by atomic mass is 10.1. The van der Waals surface area contributed by atoms with E-state index in [1.54, 1.807) is 0 Å². The molecule has 2 nitrogen and oxygen atoms in total. The summed E-state index contributed by atoms with van der Waals surface area (Å²) in [7, 11) is 9.15. The van der Waals surface area contributed by atoms with Crippen LogP contribution in [0.25, 0.3) is 12.2 Å². The molecule has 2 rings (SSSR count). The smallest absolute Gasteiger partial charge is 0.132 e. The van der Waals surface area contributed by atoms with Crippen LogP contribution >= 0.6 is 0 Å². The van der Waals surface area contributed by atoms with Crippen molar-refractivity contribution >= 4 is 23.5 Å². The van der Waals surface area contributed by atoms with E-state index in [4.69, 9.17) is 0 Å². The van der Waals surface area contributed by atoms with Gasteiger partial charge in [-0.3, -0.25) is 8.97 Å². The molecule has 26 heavy (non-hydrogen) atoms. The Labute approximate surface area is 159 Å². The van der Waals surface area contributed by atoms with Gasteiger partial charge in [-0.2, -0.15) is 0 Å². The van der Waals surface area contributed by atoms with Gasteiger partial charge in [0.1, 0.15) is 11.4 Å². The lowest BCUT2D eigenvalue weighted by Crippen LogP contribution is -2.43. The highest BCUT2D eigenvalue weighted by molar-refractivity contribution is 5.53. The maximum atomic E-state index is 3.83. The first kappa shape index (κ1) is 20.2. The fourth-order valence-corrected chi connectivity index (χ4v) is 3.30. The van der Waals surface area contributed by atoms with Crippen LogP contribution < -0.4 is 8.97 Å². The number of unbranched alkanes of at least 4 members (excludes halogenated alkanes) is 1. The first-order chi connectivity index (χ1) is 12.3. The normalized spacial score (nSPS) is 12.0. The Morgan fingerprint density at radius 2 is 0.923 bits per heavy atom. The van der Waals surface area contributed by atoms with Crippen LogP contribution in [0.1, 0.15) is 24.0 Å². The molecular weight excluding hydrogens is 316 g/mol. The number of nitrogens with zero attached hydrogens (tertiary/aromatic N) is 2. The molecule has 0 aromatic heterocycles. The number of quaternary nitrogens is 2. The summed E-state index contributed by atoms with van der Waals surface area (Å²) >= 11 is 0. The van der Waals surface area contributed by atoms with Crippen molar-refractivity contribution in [1.82, 2.24) is 8.97 Å². The molecule has 0 heterocycles. The fraction of sp³-hybridized carbons (Fsp3) is 0.333.